The number of carbonyl (C=O) groups excluding carboxylic acids is 2. The van der Waals surface area contributed by atoms with Gasteiger partial charge in [-0.25, -0.2) is 4.79 Å². The third-order valence-electron chi connectivity index (χ3n) is 18.2. The molecule has 0 aromatic carbocycles. The molecule has 14 N–H and O–H groups in total. The van der Waals surface area contributed by atoms with E-state index in [0.29, 0.717) is 12.8 Å². The van der Waals surface area contributed by atoms with Crippen LogP contribution in [0.2, 0.25) is 0 Å². The molecule has 3 aliphatic heterocycles. The minimum atomic E-state index is -3.08. The molecular weight excluding hydrogens is 1180 g/mol. The number of unbranched alkanes of at least 4 members (excludes halogenated alkanes) is 34. The Morgan fingerprint density at radius 2 is 1.02 bits per heavy atom. The van der Waals surface area contributed by atoms with Crippen molar-refractivity contribution in [2.75, 3.05) is 26.4 Å². The second-order valence-electron chi connectivity index (χ2n) is 26.1. The van der Waals surface area contributed by atoms with Gasteiger partial charge in [0.25, 0.3) is 5.79 Å². The summed E-state index contributed by atoms with van der Waals surface area (Å²) >= 11 is 0. The van der Waals surface area contributed by atoms with Crippen molar-refractivity contribution in [3.63, 3.8) is 0 Å². The number of nitrogens with one attached hydrogen (secondary N) is 2. The highest BCUT2D eigenvalue weighted by Crippen LogP contribution is 2.39. The smallest absolute Gasteiger partial charge is 0.364 e. The van der Waals surface area contributed by atoms with E-state index in [4.69, 9.17) is 28.4 Å². The summed E-state index contributed by atoms with van der Waals surface area (Å²) in [4.78, 5) is 38.5. The van der Waals surface area contributed by atoms with Crippen LogP contribution in [0.1, 0.15) is 265 Å². The first kappa shape index (κ1) is 82.7. The van der Waals surface area contributed by atoms with Crippen molar-refractivity contribution >= 4 is 17.8 Å². The number of aliphatic hydroxyl groups is 11. The van der Waals surface area contributed by atoms with Gasteiger partial charge in [-0.3, -0.25) is 9.59 Å². The molecular formula is C68H126N2O21. The second kappa shape index (κ2) is 49.1. The Morgan fingerprint density at radius 3 is 1.46 bits per heavy atom. The molecule has 0 saturated carbocycles. The molecule has 3 heterocycles. The van der Waals surface area contributed by atoms with Crippen LogP contribution >= 0.6 is 0 Å². The molecule has 0 bridgehead atoms. The Bertz CT molecular complexity index is 1890. The van der Waals surface area contributed by atoms with E-state index >= 15 is 0 Å². The van der Waals surface area contributed by atoms with E-state index in [2.05, 4.69) is 24.5 Å². The number of hydrogen-bond donors (Lipinski definition) is 14. The first-order chi connectivity index (χ1) is 43.9. The topological polar surface area (TPSA) is 373 Å². The number of allylic oxidation sites excluding steroid dienone is 1. The van der Waals surface area contributed by atoms with Gasteiger partial charge in [0.15, 0.2) is 12.6 Å². The van der Waals surface area contributed by atoms with Gasteiger partial charge < -0.3 is 100 Å². The molecule has 0 radical (unpaired) electrons. The largest absolute Gasteiger partial charge is 0.477 e. The van der Waals surface area contributed by atoms with E-state index in [-0.39, 0.29) is 12.3 Å². The molecule has 18 atom stereocenters. The molecule has 23 heteroatoms. The third-order valence-corrected chi connectivity index (χ3v) is 18.2. The number of ether oxygens (including phenoxy) is 6. The van der Waals surface area contributed by atoms with E-state index in [0.717, 1.165) is 51.9 Å². The predicted octanol–water partition coefficient (Wildman–Crippen LogP) is 6.68. The first-order valence-corrected chi connectivity index (χ1v) is 35.6. The Balaban J connectivity index is 1.57. The van der Waals surface area contributed by atoms with E-state index in [9.17, 15) is 75.7 Å². The SMILES string of the molecule is CCCCCCCCCCCCCC/C=C/C(O)C(COC1OC(CO)C(OC2OC(CO)C(O)C(OC3(C(=O)O)CC(O)C(NC(C)=O)C(C(O)C(O)CO)O3)C2O)C(O)C1O)NC(=O)CCCCCCCCCCCCCCCCCCCCCCCCC. The van der Waals surface area contributed by atoms with Gasteiger partial charge >= 0.3 is 5.97 Å². The Morgan fingerprint density at radius 1 is 0.571 bits per heavy atom. The lowest BCUT2D eigenvalue weighted by Gasteiger charge is -2.50. The maximum absolute atomic E-state index is 13.5. The summed E-state index contributed by atoms with van der Waals surface area (Å²) in [6, 6.07) is -2.61. The average molecular weight is 1310 g/mol. The first-order valence-electron chi connectivity index (χ1n) is 35.6. The minimum absolute atomic E-state index is 0.205. The van der Waals surface area contributed by atoms with Crippen LogP contribution in [0.3, 0.4) is 0 Å². The summed E-state index contributed by atoms with van der Waals surface area (Å²) in [7, 11) is 0. The van der Waals surface area contributed by atoms with Gasteiger partial charge in [-0.1, -0.05) is 238 Å². The van der Waals surface area contributed by atoms with Gasteiger partial charge in [-0.15, -0.1) is 0 Å². The molecule has 3 fully saturated rings. The van der Waals surface area contributed by atoms with Crippen molar-refractivity contribution in [1.82, 2.24) is 10.6 Å². The molecule has 3 saturated heterocycles. The van der Waals surface area contributed by atoms with Crippen LogP contribution in [0, 0.1) is 0 Å². The summed E-state index contributed by atoms with van der Waals surface area (Å²) in [6.45, 7) is 2.15. The quantitative estimate of drug-likeness (QED) is 0.0223. The fourth-order valence-electron chi connectivity index (χ4n) is 12.5. The van der Waals surface area contributed by atoms with Crippen LogP contribution in [-0.2, 0) is 42.8 Å². The van der Waals surface area contributed by atoms with Gasteiger partial charge in [0.1, 0.15) is 67.1 Å². The fourth-order valence-corrected chi connectivity index (χ4v) is 12.5. The number of amides is 2. The molecule has 18 unspecified atom stereocenters. The Hall–Kier alpha value is -2.53. The van der Waals surface area contributed by atoms with Crippen molar-refractivity contribution < 1.29 is 104 Å². The van der Waals surface area contributed by atoms with Crippen LogP contribution in [0.25, 0.3) is 0 Å². The molecule has 91 heavy (non-hydrogen) atoms. The van der Waals surface area contributed by atoms with Gasteiger partial charge in [0.2, 0.25) is 11.8 Å². The third kappa shape index (κ3) is 31.5. The lowest BCUT2D eigenvalue weighted by atomic mass is 9.88. The number of aliphatic hydroxyl groups excluding tert-OH is 11. The lowest BCUT2D eigenvalue weighted by molar-refractivity contribution is -0.386. The molecule has 23 nitrogen and oxygen atoms in total. The highest BCUT2D eigenvalue weighted by molar-refractivity contribution is 5.77. The van der Waals surface area contributed by atoms with Gasteiger partial charge in [0, 0.05) is 19.8 Å². The zero-order chi connectivity index (χ0) is 66.8. The number of carbonyl (C=O) groups is 3. The number of carboxylic acids is 1. The van der Waals surface area contributed by atoms with E-state index in [1.54, 1.807) is 6.08 Å². The van der Waals surface area contributed by atoms with Crippen molar-refractivity contribution in [1.29, 1.82) is 0 Å². The molecule has 0 aliphatic carbocycles. The number of rotatable bonds is 54. The molecule has 2 amide bonds. The Kier molecular flexibility index (Phi) is 44.6. The molecule has 3 aliphatic rings. The fraction of sp³-hybridized carbons (Fsp3) is 0.926. The van der Waals surface area contributed by atoms with Crippen LogP contribution in [-0.4, -0.2) is 215 Å². The van der Waals surface area contributed by atoms with Gasteiger partial charge in [-0.2, -0.15) is 0 Å². The lowest BCUT2D eigenvalue weighted by Crippen LogP contribution is -2.70. The maximum Gasteiger partial charge on any atom is 0.364 e. The van der Waals surface area contributed by atoms with Gasteiger partial charge in [0.05, 0.1) is 50.7 Å². The van der Waals surface area contributed by atoms with Crippen molar-refractivity contribution in [2.24, 2.45) is 0 Å². The number of hydrogen-bond acceptors (Lipinski definition) is 20. The standard InChI is InChI=1S/C68H126N2O21/c1-4-6-8-10-12-14-16-18-20-21-22-23-24-25-26-27-28-30-32-34-36-38-40-42-55(78)70-49(50(75)41-39-37-35-33-31-29-19-17-15-13-11-9-7-5-2)47-86-65-60(82)59(81)62(54(46-73)88-65)89-66-61(83)64(58(80)53(45-72)87-66)91-68(67(84)85)43-51(76)56(69-48(3)74)63(90-68)57(79)52(77)44-71/h39,41,49-54,56-66,71-73,75-77,79-83H,4-38,40,42-47H2,1-3H3,(H,69,74)(H,70,78)(H,84,85)/b41-39+. The molecule has 3 rings (SSSR count). The summed E-state index contributed by atoms with van der Waals surface area (Å²) in [5.74, 6) is -6.13. The van der Waals surface area contributed by atoms with Crippen molar-refractivity contribution in [3.8, 4) is 0 Å². The zero-order valence-corrected chi connectivity index (χ0v) is 55.7. The zero-order valence-electron chi connectivity index (χ0n) is 55.7. The van der Waals surface area contributed by atoms with E-state index in [1.807, 2.05) is 6.08 Å². The van der Waals surface area contributed by atoms with Crippen LogP contribution in [0.4, 0.5) is 0 Å². The molecule has 0 aromatic heterocycles. The van der Waals surface area contributed by atoms with E-state index < -0.39 is 155 Å². The molecule has 0 aromatic rings. The highest BCUT2D eigenvalue weighted by Gasteiger charge is 2.60. The van der Waals surface area contributed by atoms with Crippen LogP contribution < -0.4 is 10.6 Å². The maximum atomic E-state index is 13.5. The average Bonchev–Trinajstić information content (AvgIpc) is 0.788. The monoisotopic (exact) mass is 1310 g/mol. The Labute approximate surface area is 543 Å². The van der Waals surface area contributed by atoms with Crippen LogP contribution in [0.5, 0.6) is 0 Å². The van der Waals surface area contributed by atoms with Gasteiger partial charge in [-0.05, 0) is 19.3 Å². The van der Waals surface area contributed by atoms with E-state index in [1.165, 1.54) is 173 Å². The van der Waals surface area contributed by atoms with Crippen molar-refractivity contribution in [3.05, 3.63) is 12.2 Å². The predicted molar refractivity (Wildman–Crippen MR) is 343 cm³/mol. The summed E-state index contributed by atoms with van der Waals surface area (Å²) in [5.41, 5.74) is 0. The number of carboxylic acid groups (broad SMARTS) is 1. The molecule has 0 spiro atoms. The summed E-state index contributed by atoms with van der Waals surface area (Å²) < 4.78 is 34.8. The minimum Gasteiger partial charge on any atom is -0.477 e. The second-order valence-corrected chi connectivity index (χ2v) is 26.1. The summed E-state index contributed by atoms with van der Waals surface area (Å²) in [6.07, 6.45) is 18.3. The van der Waals surface area contributed by atoms with Crippen LogP contribution in [0.15, 0.2) is 12.2 Å². The van der Waals surface area contributed by atoms with Crippen molar-refractivity contribution in [2.45, 2.75) is 375 Å². The number of aliphatic carboxylic acids is 1. The highest BCUT2D eigenvalue weighted by atomic mass is 16.8. The molecule has 534 valence electrons. The normalized spacial score (nSPS) is 28.4. The summed E-state index contributed by atoms with van der Waals surface area (Å²) in [5, 5.41) is 136.